The molecule has 148 valence electrons. The monoisotopic (exact) mass is 412 g/mol. The molecule has 0 amide bonds. The molecule has 1 saturated carbocycles. The van der Waals surface area contributed by atoms with Gasteiger partial charge in [0.25, 0.3) is 0 Å². The fourth-order valence-corrected chi connectivity index (χ4v) is 3.93. The van der Waals surface area contributed by atoms with Crippen LogP contribution < -0.4 is 0 Å². The normalized spacial score (nSPS) is 14.1. The minimum absolute atomic E-state index is 0.110. The predicted octanol–water partition coefficient (Wildman–Crippen LogP) is 4.65. The Hall–Kier alpha value is -2.93. The Morgan fingerprint density at radius 2 is 2.14 bits per heavy atom. The Bertz CT molecular complexity index is 1290. The minimum atomic E-state index is -0.609. The maximum absolute atomic E-state index is 14.8. The van der Waals surface area contributed by atoms with Gasteiger partial charge in [-0.2, -0.15) is 5.10 Å². The third kappa shape index (κ3) is 2.97. The quantitative estimate of drug-likeness (QED) is 0.361. The molecule has 4 heterocycles. The molecule has 0 aromatic carbocycles. The first-order chi connectivity index (χ1) is 14.0. The van der Waals surface area contributed by atoms with Gasteiger partial charge in [0, 0.05) is 23.7 Å². The van der Waals surface area contributed by atoms with Gasteiger partial charge in [0.2, 0.25) is 0 Å². The lowest BCUT2D eigenvalue weighted by Gasteiger charge is -2.08. The van der Waals surface area contributed by atoms with Gasteiger partial charge < -0.3 is 9.30 Å². The smallest absolute Gasteiger partial charge is 0.339 e. The fourth-order valence-electron chi connectivity index (χ4n) is 3.79. The van der Waals surface area contributed by atoms with Crippen molar-refractivity contribution in [2.75, 3.05) is 7.11 Å². The van der Waals surface area contributed by atoms with Gasteiger partial charge in [-0.05, 0) is 49.9 Å². The molecule has 1 aliphatic rings. The number of methoxy groups -OCH3 is 1. The molecule has 1 aliphatic carbocycles. The standard InChI is InChI=1S/C21H18ClFN4O2/c1-11-18(25-27-10-14(21(28)29-2)7-15(23)19(11)27)16-8-13-5-6-17(22)24-20(13)26(16)9-12-3-4-12/h5-8,10,12H,3-4,9H2,1-2H3. The number of hydrogen-bond donors (Lipinski definition) is 0. The van der Waals surface area contributed by atoms with Crippen molar-refractivity contribution in [3.63, 3.8) is 0 Å². The van der Waals surface area contributed by atoms with Gasteiger partial charge in [-0.25, -0.2) is 18.7 Å². The molecule has 8 heteroatoms. The fraction of sp³-hybridized carbons (Fsp3) is 0.286. The van der Waals surface area contributed by atoms with Crippen LogP contribution in [0.25, 0.3) is 27.9 Å². The summed E-state index contributed by atoms with van der Waals surface area (Å²) in [6.07, 6.45) is 3.85. The largest absolute Gasteiger partial charge is 0.465 e. The summed E-state index contributed by atoms with van der Waals surface area (Å²) in [6.45, 7) is 2.65. The molecule has 1 fully saturated rings. The van der Waals surface area contributed by atoms with Crippen LogP contribution in [0.3, 0.4) is 0 Å². The maximum Gasteiger partial charge on any atom is 0.339 e. The number of hydrogen-bond acceptors (Lipinski definition) is 4. The van der Waals surface area contributed by atoms with Crippen LogP contribution in [0.5, 0.6) is 0 Å². The van der Waals surface area contributed by atoms with Crippen molar-refractivity contribution in [2.45, 2.75) is 26.3 Å². The summed E-state index contributed by atoms with van der Waals surface area (Å²) in [5.74, 6) is -0.525. The number of halogens is 2. The van der Waals surface area contributed by atoms with Gasteiger partial charge >= 0.3 is 5.97 Å². The molecule has 5 rings (SSSR count). The van der Waals surface area contributed by atoms with Gasteiger partial charge in [-0.1, -0.05) is 11.6 Å². The highest BCUT2D eigenvalue weighted by molar-refractivity contribution is 6.29. The van der Waals surface area contributed by atoms with Crippen molar-refractivity contribution >= 4 is 34.1 Å². The van der Waals surface area contributed by atoms with E-state index >= 15 is 0 Å². The molecule has 4 aromatic heterocycles. The number of carbonyl (C=O) groups is 1. The number of fused-ring (bicyclic) bond motifs is 2. The highest BCUT2D eigenvalue weighted by Gasteiger charge is 2.26. The highest BCUT2D eigenvalue weighted by atomic mass is 35.5. The van der Waals surface area contributed by atoms with Crippen molar-refractivity contribution < 1.29 is 13.9 Å². The van der Waals surface area contributed by atoms with E-state index in [-0.39, 0.29) is 5.56 Å². The minimum Gasteiger partial charge on any atom is -0.465 e. The molecule has 6 nitrogen and oxygen atoms in total. The topological polar surface area (TPSA) is 61.4 Å². The van der Waals surface area contributed by atoms with Crippen LogP contribution in [-0.2, 0) is 11.3 Å². The molecule has 0 spiro atoms. The first-order valence-electron chi connectivity index (χ1n) is 9.39. The Morgan fingerprint density at radius 3 is 2.86 bits per heavy atom. The molecule has 0 radical (unpaired) electrons. The third-order valence-electron chi connectivity index (χ3n) is 5.43. The van der Waals surface area contributed by atoms with Gasteiger partial charge in [-0.3, -0.25) is 0 Å². The van der Waals surface area contributed by atoms with Crippen LogP contribution in [0, 0.1) is 18.7 Å². The summed E-state index contributed by atoms with van der Waals surface area (Å²) in [7, 11) is 1.26. The number of aromatic nitrogens is 4. The summed E-state index contributed by atoms with van der Waals surface area (Å²) in [5.41, 5.74) is 3.46. The van der Waals surface area contributed by atoms with E-state index in [9.17, 15) is 9.18 Å². The molecule has 4 aromatic rings. The number of rotatable bonds is 4. The molecule has 0 atom stereocenters. The van der Waals surface area contributed by atoms with E-state index in [0.29, 0.717) is 27.8 Å². The van der Waals surface area contributed by atoms with Crippen molar-refractivity contribution in [3.05, 3.63) is 52.6 Å². The Kier molecular flexibility index (Phi) is 4.10. The zero-order chi connectivity index (χ0) is 20.3. The van der Waals surface area contributed by atoms with E-state index in [1.807, 2.05) is 19.1 Å². The lowest BCUT2D eigenvalue weighted by atomic mass is 10.1. The number of pyridine rings is 2. The summed E-state index contributed by atoms with van der Waals surface area (Å²) < 4.78 is 23.0. The molecule has 29 heavy (non-hydrogen) atoms. The highest BCUT2D eigenvalue weighted by Crippen LogP contribution is 2.37. The van der Waals surface area contributed by atoms with Gasteiger partial charge in [0.05, 0.1) is 18.4 Å². The molecule has 0 aliphatic heterocycles. The lowest BCUT2D eigenvalue weighted by Crippen LogP contribution is -2.05. The SMILES string of the molecule is COC(=O)c1cc(F)c2c(C)c(-c3cc4ccc(Cl)nc4n3CC3CC3)nn2c1. The second kappa shape index (κ2) is 6.56. The Labute approximate surface area is 170 Å². The van der Waals surface area contributed by atoms with Gasteiger partial charge in [0.15, 0.2) is 0 Å². The van der Waals surface area contributed by atoms with Crippen LogP contribution in [0.1, 0.15) is 28.8 Å². The maximum atomic E-state index is 14.8. The van der Waals surface area contributed by atoms with Crippen LogP contribution in [0.15, 0.2) is 30.5 Å². The molecule has 0 unspecified atom stereocenters. The van der Waals surface area contributed by atoms with Gasteiger partial charge in [-0.15, -0.1) is 0 Å². The number of carbonyl (C=O) groups excluding carboxylic acids is 1. The summed E-state index contributed by atoms with van der Waals surface area (Å²) in [5, 5.41) is 6.00. The first kappa shape index (κ1) is 18.1. The first-order valence-corrected chi connectivity index (χ1v) is 9.77. The summed E-state index contributed by atoms with van der Waals surface area (Å²) >= 11 is 6.14. The van der Waals surface area contributed by atoms with E-state index < -0.39 is 11.8 Å². The van der Waals surface area contributed by atoms with E-state index in [1.54, 1.807) is 6.07 Å². The lowest BCUT2D eigenvalue weighted by molar-refractivity contribution is 0.0599. The number of esters is 1. The van der Waals surface area contributed by atoms with Crippen molar-refractivity contribution in [2.24, 2.45) is 5.92 Å². The van der Waals surface area contributed by atoms with E-state index in [4.69, 9.17) is 16.3 Å². The second-order valence-electron chi connectivity index (χ2n) is 7.47. The van der Waals surface area contributed by atoms with E-state index in [0.717, 1.165) is 23.3 Å². The zero-order valence-electron chi connectivity index (χ0n) is 15.9. The summed E-state index contributed by atoms with van der Waals surface area (Å²) in [4.78, 5) is 16.4. The second-order valence-corrected chi connectivity index (χ2v) is 7.85. The number of aryl methyl sites for hydroxylation is 1. The molecule has 0 saturated heterocycles. The molecule has 0 N–H and O–H groups in total. The average molecular weight is 413 g/mol. The summed E-state index contributed by atoms with van der Waals surface area (Å²) in [6, 6.07) is 6.88. The van der Waals surface area contributed by atoms with Crippen LogP contribution in [0.4, 0.5) is 4.39 Å². The number of nitrogens with zero attached hydrogens (tertiary/aromatic N) is 4. The average Bonchev–Trinajstić information content (AvgIpc) is 3.37. The Balaban J connectivity index is 1.75. The van der Waals surface area contributed by atoms with Crippen LogP contribution >= 0.6 is 11.6 Å². The van der Waals surface area contributed by atoms with Crippen molar-refractivity contribution in [3.8, 4) is 11.4 Å². The van der Waals surface area contributed by atoms with E-state index in [2.05, 4.69) is 14.6 Å². The molecule has 0 bridgehead atoms. The van der Waals surface area contributed by atoms with Crippen LogP contribution in [0.2, 0.25) is 5.15 Å². The zero-order valence-corrected chi connectivity index (χ0v) is 16.7. The van der Waals surface area contributed by atoms with Crippen molar-refractivity contribution in [1.29, 1.82) is 0 Å². The predicted molar refractivity (Wildman–Crippen MR) is 108 cm³/mol. The van der Waals surface area contributed by atoms with E-state index in [1.165, 1.54) is 36.7 Å². The number of ether oxygens (including phenoxy) is 1. The van der Waals surface area contributed by atoms with Crippen molar-refractivity contribution in [1.82, 2.24) is 19.2 Å². The van der Waals surface area contributed by atoms with Crippen LogP contribution in [-0.4, -0.2) is 32.2 Å². The molecular formula is C21H18ClFN4O2. The third-order valence-corrected chi connectivity index (χ3v) is 5.64. The van der Waals surface area contributed by atoms with Gasteiger partial charge in [0.1, 0.15) is 27.8 Å². The Morgan fingerprint density at radius 1 is 1.34 bits per heavy atom. The molecular weight excluding hydrogens is 395 g/mol.